The van der Waals surface area contributed by atoms with Crippen LogP contribution < -0.4 is 10.6 Å². The van der Waals surface area contributed by atoms with Gasteiger partial charge in [0.25, 0.3) is 0 Å². The molecule has 0 aromatic carbocycles. The molecule has 0 aliphatic heterocycles. The molecule has 63 heavy (non-hydrogen) atoms. The molecule has 4 N–H and O–H groups in total. The third kappa shape index (κ3) is 45.2. The second-order valence-electron chi connectivity index (χ2n) is 17.6. The minimum atomic E-state index is -1.39. The fraction of sp³-hybridized carbons (Fsp3) is 0.778. The van der Waals surface area contributed by atoms with E-state index in [1.165, 1.54) is 116 Å². The van der Waals surface area contributed by atoms with Crippen LogP contribution in [0.5, 0.6) is 0 Å². The number of aliphatic carboxylic acids is 1. The number of carbonyl (C=O) groups is 4. The van der Waals surface area contributed by atoms with Gasteiger partial charge in [0.1, 0.15) is 12.1 Å². The number of carboxylic acids is 1. The number of amides is 2. The highest BCUT2D eigenvalue weighted by molar-refractivity contribution is 5.87. The average molecular weight is 885 g/mol. The van der Waals surface area contributed by atoms with Crippen LogP contribution in [-0.2, 0) is 23.9 Å². The Kier molecular flexibility index (Phi) is 45.8. The number of allylic oxidation sites excluding steroid dienone is 8. The van der Waals surface area contributed by atoms with E-state index in [2.05, 4.69) is 73.1 Å². The molecule has 0 spiro atoms. The van der Waals surface area contributed by atoms with Crippen LogP contribution in [0, 0.1) is 0 Å². The Bertz CT molecular complexity index is 1200. The third-order valence-electron chi connectivity index (χ3n) is 11.6. The maximum Gasteiger partial charge on any atom is 0.328 e. The highest BCUT2D eigenvalue weighted by Crippen LogP contribution is 2.19. The van der Waals surface area contributed by atoms with Crippen molar-refractivity contribution in [3.8, 4) is 0 Å². The van der Waals surface area contributed by atoms with Crippen LogP contribution in [0.1, 0.15) is 245 Å². The van der Waals surface area contributed by atoms with Crippen LogP contribution in [0.2, 0.25) is 0 Å². The van der Waals surface area contributed by atoms with Gasteiger partial charge in [0.2, 0.25) is 11.8 Å². The van der Waals surface area contributed by atoms with Crippen LogP contribution in [0.4, 0.5) is 0 Å². The normalized spacial score (nSPS) is 12.8. The van der Waals surface area contributed by atoms with Gasteiger partial charge in [0.05, 0.1) is 13.2 Å². The van der Waals surface area contributed by atoms with Gasteiger partial charge in [-0.3, -0.25) is 14.4 Å². The standard InChI is InChI=1S/C54H96N2O7/c1-3-5-7-9-11-13-15-17-19-20-21-22-23-25-27-29-31-33-38-42-46-53(60)63-49(43-39-35-32-30-28-26-24-18-16-14-12-10-8-6-4-2)44-40-36-34-37-41-45-51(58)55-47-52(59)56-50(48-57)54(61)62/h6,8,12,14,18,24,28,30,49-50,57H,3-5,7,9-11,13,15-17,19-23,25-27,29,31-48H2,1-2H3,(H,55,58)(H,56,59)(H,61,62)/b8-6-,14-12-,24-18-,30-28-. The number of hydrogen-bond acceptors (Lipinski definition) is 6. The van der Waals surface area contributed by atoms with Crippen molar-refractivity contribution >= 4 is 23.8 Å². The molecule has 9 heteroatoms. The van der Waals surface area contributed by atoms with Crippen LogP contribution in [0.15, 0.2) is 48.6 Å². The Morgan fingerprint density at radius 2 is 0.905 bits per heavy atom. The van der Waals surface area contributed by atoms with Gasteiger partial charge in [-0.1, -0.05) is 204 Å². The fourth-order valence-corrected chi connectivity index (χ4v) is 7.65. The number of carbonyl (C=O) groups excluding carboxylic acids is 3. The van der Waals surface area contributed by atoms with Crippen LogP contribution in [0.3, 0.4) is 0 Å². The van der Waals surface area contributed by atoms with E-state index in [0.29, 0.717) is 12.8 Å². The lowest BCUT2D eigenvalue weighted by molar-refractivity contribution is -0.150. The monoisotopic (exact) mass is 885 g/mol. The Labute approximate surface area is 386 Å². The molecule has 0 saturated carbocycles. The molecule has 0 radical (unpaired) electrons. The number of aliphatic hydroxyl groups excluding tert-OH is 1. The van der Waals surface area contributed by atoms with Crippen LogP contribution in [0.25, 0.3) is 0 Å². The number of nitrogens with one attached hydrogen (secondary N) is 2. The second kappa shape index (κ2) is 48.3. The molecule has 0 rings (SSSR count). The predicted molar refractivity (Wildman–Crippen MR) is 264 cm³/mol. The van der Waals surface area contributed by atoms with Gasteiger partial charge in [0, 0.05) is 12.8 Å². The molecule has 0 aliphatic rings. The first-order valence-corrected chi connectivity index (χ1v) is 26.0. The van der Waals surface area contributed by atoms with Gasteiger partial charge in [-0.15, -0.1) is 0 Å². The molecular weight excluding hydrogens is 789 g/mol. The maximum atomic E-state index is 12.9. The number of ether oxygens (including phenoxy) is 1. The zero-order valence-electron chi connectivity index (χ0n) is 40.6. The Morgan fingerprint density at radius 1 is 0.492 bits per heavy atom. The second-order valence-corrected chi connectivity index (χ2v) is 17.6. The minimum absolute atomic E-state index is 0.0523. The molecule has 9 nitrogen and oxygen atoms in total. The third-order valence-corrected chi connectivity index (χ3v) is 11.6. The molecule has 0 aromatic rings. The Morgan fingerprint density at radius 3 is 1.37 bits per heavy atom. The predicted octanol–water partition coefficient (Wildman–Crippen LogP) is 13.9. The van der Waals surface area contributed by atoms with Crippen molar-refractivity contribution in [2.24, 2.45) is 0 Å². The van der Waals surface area contributed by atoms with Crippen molar-refractivity contribution in [2.45, 2.75) is 257 Å². The largest absolute Gasteiger partial charge is 0.480 e. The Balaban J connectivity index is 4.32. The van der Waals surface area contributed by atoms with E-state index < -0.39 is 24.5 Å². The van der Waals surface area contributed by atoms with Crippen molar-refractivity contribution < 1.29 is 34.1 Å². The minimum Gasteiger partial charge on any atom is -0.480 e. The van der Waals surface area contributed by atoms with E-state index in [-0.39, 0.29) is 30.9 Å². The van der Waals surface area contributed by atoms with E-state index in [0.717, 1.165) is 96.3 Å². The van der Waals surface area contributed by atoms with Crippen molar-refractivity contribution in [3.05, 3.63) is 48.6 Å². The first-order chi connectivity index (χ1) is 30.8. The molecule has 0 heterocycles. The first kappa shape index (κ1) is 59.8. The lowest BCUT2D eigenvalue weighted by atomic mass is 10.0. The average Bonchev–Trinajstić information content (AvgIpc) is 3.27. The summed E-state index contributed by atoms with van der Waals surface area (Å²) in [5.74, 6) is -2.31. The summed E-state index contributed by atoms with van der Waals surface area (Å²) < 4.78 is 6.05. The van der Waals surface area contributed by atoms with Crippen LogP contribution in [-0.4, -0.2) is 59.3 Å². The number of aliphatic hydroxyl groups is 1. The molecule has 2 atom stereocenters. The summed E-state index contributed by atoms with van der Waals surface area (Å²) in [6.45, 7) is 3.39. The summed E-state index contributed by atoms with van der Waals surface area (Å²) in [6.07, 6.45) is 58.7. The van der Waals surface area contributed by atoms with Gasteiger partial charge in [-0.05, 0) is 77.0 Å². The van der Waals surface area contributed by atoms with Crippen molar-refractivity contribution in [3.63, 3.8) is 0 Å². The van der Waals surface area contributed by atoms with Crippen LogP contribution >= 0.6 is 0 Å². The van der Waals surface area contributed by atoms with Gasteiger partial charge >= 0.3 is 11.9 Å². The highest BCUT2D eigenvalue weighted by atomic mass is 16.5. The van der Waals surface area contributed by atoms with E-state index in [4.69, 9.17) is 14.9 Å². The molecular formula is C54H96N2O7. The summed E-state index contributed by atoms with van der Waals surface area (Å²) >= 11 is 0. The summed E-state index contributed by atoms with van der Waals surface area (Å²) in [6, 6.07) is -1.39. The van der Waals surface area contributed by atoms with E-state index >= 15 is 0 Å². The van der Waals surface area contributed by atoms with Gasteiger partial charge < -0.3 is 25.6 Å². The number of unbranched alkanes of at least 4 members (excludes halogenated alkanes) is 25. The molecule has 0 fully saturated rings. The van der Waals surface area contributed by atoms with Crippen molar-refractivity contribution in [1.29, 1.82) is 0 Å². The zero-order chi connectivity index (χ0) is 46.1. The van der Waals surface area contributed by atoms with Gasteiger partial charge in [0.15, 0.2) is 0 Å². The number of carboxylic acid groups (broad SMARTS) is 1. The molecule has 0 aliphatic carbocycles. The molecule has 0 aromatic heterocycles. The first-order valence-electron chi connectivity index (χ1n) is 26.0. The summed E-state index contributed by atoms with van der Waals surface area (Å²) in [5.41, 5.74) is 0. The van der Waals surface area contributed by atoms with E-state index in [1.807, 2.05) is 0 Å². The molecule has 2 amide bonds. The zero-order valence-corrected chi connectivity index (χ0v) is 40.6. The molecule has 0 bridgehead atoms. The topological polar surface area (TPSA) is 142 Å². The number of esters is 1. The quantitative estimate of drug-likeness (QED) is 0.0271. The van der Waals surface area contributed by atoms with Gasteiger partial charge in [-0.2, -0.15) is 0 Å². The molecule has 0 saturated heterocycles. The fourth-order valence-electron chi connectivity index (χ4n) is 7.65. The lowest BCUT2D eigenvalue weighted by Crippen LogP contribution is -2.47. The number of hydrogen-bond donors (Lipinski definition) is 4. The Hall–Kier alpha value is -3.20. The van der Waals surface area contributed by atoms with E-state index in [9.17, 15) is 19.2 Å². The summed E-state index contributed by atoms with van der Waals surface area (Å²) in [4.78, 5) is 47.8. The summed E-state index contributed by atoms with van der Waals surface area (Å²) in [5, 5.41) is 22.6. The highest BCUT2D eigenvalue weighted by Gasteiger charge is 2.19. The van der Waals surface area contributed by atoms with Gasteiger partial charge in [-0.25, -0.2) is 4.79 Å². The lowest BCUT2D eigenvalue weighted by Gasteiger charge is -2.18. The maximum absolute atomic E-state index is 12.9. The van der Waals surface area contributed by atoms with E-state index in [1.54, 1.807) is 0 Å². The SMILES string of the molecule is CC/C=C\C/C=C\C/C=C\C/C=C\CCCCC(CCCCCCCC(=O)NCC(=O)NC(CO)C(=O)O)OC(=O)CCCCCCCCCCCCCCCCCCCCCC. The number of rotatable bonds is 47. The summed E-state index contributed by atoms with van der Waals surface area (Å²) in [7, 11) is 0. The van der Waals surface area contributed by atoms with Crippen molar-refractivity contribution in [2.75, 3.05) is 13.2 Å². The smallest absolute Gasteiger partial charge is 0.328 e. The molecule has 364 valence electrons. The molecule has 2 unspecified atom stereocenters. The van der Waals surface area contributed by atoms with Crippen molar-refractivity contribution in [1.82, 2.24) is 10.6 Å².